The molecule has 1 aliphatic rings. The van der Waals surface area contributed by atoms with Crippen molar-refractivity contribution in [2.75, 3.05) is 13.2 Å². The van der Waals surface area contributed by atoms with E-state index in [-0.39, 0.29) is 12.0 Å². The molecule has 2 rings (SSSR count). The van der Waals surface area contributed by atoms with Gasteiger partial charge in [0.2, 0.25) is 5.89 Å². The first kappa shape index (κ1) is 11.5. The van der Waals surface area contributed by atoms with Gasteiger partial charge < -0.3 is 15.0 Å². The van der Waals surface area contributed by atoms with Crippen molar-refractivity contribution in [1.29, 1.82) is 0 Å². The maximum atomic E-state index is 6.02. The molecule has 0 spiro atoms. The number of aromatic nitrogens is 2. The van der Waals surface area contributed by atoms with E-state index < -0.39 is 0 Å². The lowest BCUT2D eigenvalue weighted by atomic mass is 9.96. The Bertz CT molecular complexity index is 340. The summed E-state index contributed by atoms with van der Waals surface area (Å²) in [5.41, 5.74) is 6.02. The first-order valence-electron chi connectivity index (χ1n) is 5.89. The summed E-state index contributed by atoms with van der Waals surface area (Å²) in [5, 5.41) is 4.00. The van der Waals surface area contributed by atoms with E-state index in [4.69, 9.17) is 15.0 Å². The number of nitrogens with zero attached hydrogens (tertiary/aromatic N) is 2. The maximum absolute atomic E-state index is 6.02. The number of nitrogens with two attached hydrogens (primary N) is 1. The molecule has 1 aromatic rings. The van der Waals surface area contributed by atoms with Gasteiger partial charge in [0.25, 0.3) is 0 Å². The molecule has 0 radical (unpaired) electrons. The van der Waals surface area contributed by atoms with Crippen molar-refractivity contribution in [3.63, 3.8) is 0 Å². The van der Waals surface area contributed by atoms with Gasteiger partial charge in [0, 0.05) is 18.6 Å². The summed E-state index contributed by atoms with van der Waals surface area (Å²) in [6, 6.07) is 0.0685. The van der Waals surface area contributed by atoms with Gasteiger partial charge in [0.1, 0.15) is 0 Å². The predicted octanol–water partition coefficient (Wildman–Crippen LogP) is 1.41. The van der Waals surface area contributed by atoms with Crippen molar-refractivity contribution >= 4 is 0 Å². The lowest BCUT2D eigenvalue weighted by Crippen LogP contribution is -2.37. The zero-order valence-corrected chi connectivity index (χ0v) is 9.85. The van der Waals surface area contributed by atoms with Crippen LogP contribution in [0.2, 0.25) is 0 Å². The van der Waals surface area contributed by atoms with Crippen LogP contribution in [0, 0.1) is 0 Å². The largest absolute Gasteiger partial charge is 0.381 e. The monoisotopic (exact) mass is 225 g/mol. The Morgan fingerprint density at radius 1 is 1.56 bits per heavy atom. The van der Waals surface area contributed by atoms with E-state index in [0.717, 1.165) is 25.3 Å². The molecular formula is C11H19N3O2. The summed E-state index contributed by atoms with van der Waals surface area (Å²) in [6.45, 7) is 5.51. The molecule has 0 aliphatic carbocycles. The minimum absolute atomic E-state index is 0.0547. The van der Waals surface area contributed by atoms with Gasteiger partial charge in [-0.15, -0.1) is 0 Å². The van der Waals surface area contributed by atoms with Crippen LogP contribution in [0.15, 0.2) is 4.52 Å². The molecule has 5 heteroatoms. The molecule has 90 valence electrons. The first-order chi connectivity index (χ1) is 7.72. The van der Waals surface area contributed by atoms with Crippen LogP contribution in [0.3, 0.4) is 0 Å². The van der Waals surface area contributed by atoms with E-state index in [0.29, 0.717) is 18.4 Å². The Hall–Kier alpha value is -0.940. The number of hydrogen-bond acceptors (Lipinski definition) is 5. The van der Waals surface area contributed by atoms with Crippen LogP contribution in [0.25, 0.3) is 0 Å². The van der Waals surface area contributed by atoms with Crippen LogP contribution in [0.4, 0.5) is 0 Å². The molecule has 2 heterocycles. The fourth-order valence-electron chi connectivity index (χ4n) is 1.79. The second kappa shape index (κ2) is 4.93. The fraction of sp³-hybridized carbons (Fsp3) is 0.818. The Kier molecular flexibility index (Phi) is 3.56. The highest BCUT2D eigenvalue weighted by Crippen LogP contribution is 2.25. The summed E-state index contributed by atoms with van der Waals surface area (Å²) in [7, 11) is 0. The predicted molar refractivity (Wildman–Crippen MR) is 59.2 cm³/mol. The Labute approximate surface area is 95.3 Å². The van der Waals surface area contributed by atoms with Crippen LogP contribution in [0.1, 0.15) is 50.2 Å². The molecule has 3 atom stereocenters. The molecule has 0 aromatic carbocycles. The normalized spacial score (nSPS) is 27.9. The SMILES string of the molecule is CCC(C)c1noc(C2COCCC2N)n1. The fourth-order valence-corrected chi connectivity index (χ4v) is 1.79. The van der Waals surface area contributed by atoms with Crippen molar-refractivity contribution in [2.24, 2.45) is 5.73 Å². The van der Waals surface area contributed by atoms with Crippen molar-refractivity contribution in [1.82, 2.24) is 10.1 Å². The van der Waals surface area contributed by atoms with Crippen molar-refractivity contribution in [2.45, 2.75) is 44.6 Å². The summed E-state index contributed by atoms with van der Waals surface area (Å²) < 4.78 is 10.7. The van der Waals surface area contributed by atoms with Crippen LogP contribution < -0.4 is 5.73 Å². The second-order valence-electron chi connectivity index (χ2n) is 4.43. The van der Waals surface area contributed by atoms with Crippen LogP contribution in [-0.4, -0.2) is 29.4 Å². The van der Waals surface area contributed by atoms with Crippen molar-refractivity contribution in [3.05, 3.63) is 11.7 Å². The second-order valence-corrected chi connectivity index (χ2v) is 4.43. The Morgan fingerprint density at radius 2 is 2.38 bits per heavy atom. The molecule has 16 heavy (non-hydrogen) atoms. The minimum Gasteiger partial charge on any atom is -0.381 e. The van der Waals surface area contributed by atoms with E-state index in [1.807, 2.05) is 0 Å². The lowest BCUT2D eigenvalue weighted by molar-refractivity contribution is 0.0590. The summed E-state index contributed by atoms with van der Waals surface area (Å²) in [6.07, 6.45) is 1.86. The van der Waals surface area contributed by atoms with Gasteiger partial charge in [0.05, 0.1) is 12.5 Å². The maximum Gasteiger partial charge on any atom is 0.233 e. The quantitative estimate of drug-likeness (QED) is 0.842. The van der Waals surface area contributed by atoms with Crippen LogP contribution in [-0.2, 0) is 4.74 Å². The molecule has 2 N–H and O–H groups in total. The van der Waals surface area contributed by atoms with Gasteiger partial charge in [-0.3, -0.25) is 0 Å². The van der Waals surface area contributed by atoms with E-state index in [9.17, 15) is 0 Å². The molecule has 0 bridgehead atoms. The van der Waals surface area contributed by atoms with Crippen LogP contribution in [0.5, 0.6) is 0 Å². The molecule has 1 aromatic heterocycles. The molecular weight excluding hydrogens is 206 g/mol. The van der Waals surface area contributed by atoms with Gasteiger partial charge in [-0.05, 0) is 12.8 Å². The van der Waals surface area contributed by atoms with Gasteiger partial charge >= 0.3 is 0 Å². The molecule has 0 amide bonds. The van der Waals surface area contributed by atoms with E-state index in [1.54, 1.807) is 0 Å². The molecule has 1 saturated heterocycles. The number of ether oxygens (including phenoxy) is 1. The highest BCUT2D eigenvalue weighted by molar-refractivity contribution is 5.02. The van der Waals surface area contributed by atoms with Crippen LogP contribution >= 0.6 is 0 Å². The summed E-state index contributed by atoms with van der Waals surface area (Å²) >= 11 is 0. The third-order valence-corrected chi connectivity index (χ3v) is 3.24. The third-order valence-electron chi connectivity index (χ3n) is 3.24. The summed E-state index contributed by atoms with van der Waals surface area (Å²) in [4.78, 5) is 4.42. The number of rotatable bonds is 3. The third kappa shape index (κ3) is 2.25. The average molecular weight is 225 g/mol. The van der Waals surface area contributed by atoms with Gasteiger partial charge in [-0.2, -0.15) is 4.98 Å². The lowest BCUT2D eigenvalue weighted by Gasteiger charge is -2.25. The molecule has 1 fully saturated rings. The topological polar surface area (TPSA) is 74.2 Å². The highest BCUT2D eigenvalue weighted by Gasteiger charge is 2.29. The molecule has 0 saturated carbocycles. The van der Waals surface area contributed by atoms with Gasteiger partial charge in [-0.1, -0.05) is 19.0 Å². The Morgan fingerprint density at radius 3 is 3.06 bits per heavy atom. The number of hydrogen-bond donors (Lipinski definition) is 1. The highest BCUT2D eigenvalue weighted by atomic mass is 16.5. The van der Waals surface area contributed by atoms with Crippen molar-refractivity contribution < 1.29 is 9.26 Å². The van der Waals surface area contributed by atoms with Gasteiger partial charge in [0.15, 0.2) is 5.82 Å². The zero-order chi connectivity index (χ0) is 11.5. The van der Waals surface area contributed by atoms with E-state index in [1.165, 1.54) is 0 Å². The van der Waals surface area contributed by atoms with Crippen molar-refractivity contribution in [3.8, 4) is 0 Å². The van der Waals surface area contributed by atoms with E-state index >= 15 is 0 Å². The molecule has 1 aliphatic heterocycles. The minimum atomic E-state index is 0.0547. The van der Waals surface area contributed by atoms with E-state index in [2.05, 4.69) is 24.0 Å². The zero-order valence-electron chi connectivity index (χ0n) is 9.85. The first-order valence-corrected chi connectivity index (χ1v) is 5.89. The van der Waals surface area contributed by atoms with Gasteiger partial charge in [-0.25, -0.2) is 0 Å². The Balaban J connectivity index is 2.11. The summed E-state index contributed by atoms with van der Waals surface area (Å²) in [5.74, 6) is 1.79. The standard InChI is InChI=1S/C11H19N3O2/c1-3-7(2)10-13-11(16-14-10)8-6-15-5-4-9(8)12/h7-9H,3-6,12H2,1-2H3. The molecule has 5 nitrogen and oxygen atoms in total. The smallest absolute Gasteiger partial charge is 0.233 e. The molecule has 3 unspecified atom stereocenters. The average Bonchev–Trinajstić information content (AvgIpc) is 2.78.